The van der Waals surface area contributed by atoms with Crippen molar-refractivity contribution < 1.29 is 0 Å². The lowest BCUT2D eigenvalue weighted by Gasteiger charge is -2.18. The molecule has 2 aromatic rings. The Morgan fingerprint density at radius 2 is 2.11 bits per heavy atom. The maximum Gasteiger partial charge on any atom is 0.0596 e. The lowest BCUT2D eigenvalue weighted by atomic mass is 10.0. The summed E-state index contributed by atoms with van der Waals surface area (Å²) < 4.78 is 3.27. The Kier molecular flexibility index (Phi) is 4.40. The van der Waals surface area contributed by atoms with Gasteiger partial charge in [-0.25, -0.2) is 0 Å². The number of hydrogen-bond donors (Lipinski definition) is 1. The maximum absolute atomic E-state index is 4.40. The fourth-order valence-electron chi connectivity index (χ4n) is 2.19. The standard InChI is InChI=1S/C14H18IN3/c1-10-8-11(18(3)17-10)9-14(16-2)12-6-4-5-7-13(12)15/h4-8,14,16H,9H2,1-3H3. The van der Waals surface area contributed by atoms with Crippen molar-refractivity contribution in [2.24, 2.45) is 7.05 Å². The Morgan fingerprint density at radius 3 is 2.67 bits per heavy atom. The summed E-state index contributed by atoms with van der Waals surface area (Å²) in [6.45, 7) is 2.03. The van der Waals surface area contributed by atoms with Crippen molar-refractivity contribution in [1.29, 1.82) is 0 Å². The molecule has 0 spiro atoms. The smallest absolute Gasteiger partial charge is 0.0596 e. The number of rotatable bonds is 4. The van der Waals surface area contributed by atoms with Gasteiger partial charge in [0.1, 0.15) is 0 Å². The highest BCUT2D eigenvalue weighted by Gasteiger charge is 2.15. The van der Waals surface area contributed by atoms with E-state index >= 15 is 0 Å². The van der Waals surface area contributed by atoms with Crippen LogP contribution in [-0.4, -0.2) is 16.8 Å². The van der Waals surface area contributed by atoms with Crippen LogP contribution in [0.2, 0.25) is 0 Å². The zero-order valence-corrected chi connectivity index (χ0v) is 13.1. The Balaban J connectivity index is 2.25. The molecule has 0 bridgehead atoms. The van der Waals surface area contributed by atoms with Crippen LogP contribution in [0.4, 0.5) is 0 Å². The van der Waals surface area contributed by atoms with E-state index in [0.29, 0.717) is 6.04 Å². The van der Waals surface area contributed by atoms with Crippen LogP contribution in [0.3, 0.4) is 0 Å². The molecule has 2 rings (SSSR count). The first-order valence-electron chi connectivity index (χ1n) is 6.03. The number of likely N-dealkylation sites (N-methyl/N-ethyl adjacent to an activating group) is 1. The summed E-state index contributed by atoms with van der Waals surface area (Å²) in [6.07, 6.45) is 0.952. The summed E-state index contributed by atoms with van der Waals surface area (Å²) in [5.41, 5.74) is 3.68. The van der Waals surface area contributed by atoms with Crippen LogP contribution >= 0.6 is 22.6 Å². The zero-order chi connectivity index (χ0) is 13.1. The molecule has 4 heteroatoms. The molecule has 18 heavy (non-hydrogen) atoms. The van der Waals surface area contributed by atoms with Crippen molar-refractivity contribution >= 4 is 22.6 Å². The number of aryl methyl sites for hydroxylation is 2. The van der Waals surface area contributed by atoms with Gasteiger partial charge in [0.2, 0.25) is 0 Å². The van der Waals surface area contributed by atoms with E-state index in [9.17, 15) is 0 Å². The second-order valence-corrected chi connectivity index (χ2v) is 5.63. The highest BCUT2D eigenvalue weighted by molar-refractivity contribution is 14.1. The van der Waals surface area contributed by atoms with Gasteiger partial charge in [-0.1, -0.05) is 18.2 Å². The minimum absolute atomic E-state index is 0.327. The molecule has 0 radical (unpaired) electrons. The van der Waals surface area contributed by atoms with Crippen LogP contribution in [0, 0.1) is 10.5 Å². The van der Waals surface area contributed by atoms with Gasteiger partial charge in [0.15, 0.2) is 0 Å². The molecule has 0 fully saturated rings. The monoisotopic (exact) mass is 355 g/mol. The summed E-state index contributed by atoms with van der Waals surface area (Å²) in [6, 6.07) is 11.0. The quantitative estimate of drug-likeness (QED) is 0.855. The molecule has 0 aliphatic rings. The summed E-state index contributed by atoms with van der Waals surface area (Å²) in [5, 5.41) is 7.80. The van der Waals surface area contributed by atoms with Gasteiger partial charge in [-0.3, -0.25) is 4.68 Å². The second kappa shape index (κ2) is 5.84. The summed E-state index contributed by atoms with van der Waals surface area (Å²) in [5.74, 6) is 0. The third kappa shape index (κ3) is 2.92. The van der Waals surface area contributed by atoms with Crippen molar-refractivity contribution in [1.82, 2.24) is 15.1 Å². The average molecular weight is 355 g/mol. The SMILES string of the molecule is CNC(Cc1cc(C)nn1C)c1ccccc1I. The summed E-state index contributed by atoms with van der Waals surface area (Å²) in [7, 11) is 4.02. The number of benzene rings is 1. The predicted molar refractivity (Wildman–Crippen MR) is 82.6 cm³/mol. The summed E-state index contributed by atoms with van der Waals surface area (Å²) in [4.78, 5) is 0. The van der Waals surface area contributed by atoms with Crippen molar-refractivity contribution in [2.45, 2.75) is 19.4 Å². The van der Waals surface area contributed by atoms with Crippen LogP contribution < -0.4 is 5.32 Å². The van der Waals surface area contributed by atoms with E-state index in [1.165, 1.54) is 14.8 Å². The average Bonchev–Trinajstić information content (AvgIpc) is 2.66. The normalized spacial score (nSPS) is 12.7. The van der Waals surface area contributed by atoms with Crippen molar-refractivity contribution in [3.63, 3.8) is 0 Å². The van der Waals surface area contributed by atoms with Gasteiger partial charge in [-0.15, -0.1) is 0 Å². The summed E-state index contributed by atoms with van der Waals surface area (Å²) >= 11 is 2.39. The van der Waals surface area contributed by atoms with E-state index in [1.54, 1.807) is 0 Å². The molecule has 0 aliphatic carbocycles. The number of hydrogen-bond acceptors (Lipinski definition) is 2. The third-order valence-corrected chi connectivity index (χ3v) is 4.12. The maximum atomic E-state index is 4.40. The molecule has 1 aromatic heterocycles. The van der Waals surface area contributed by atoms with Crippen LogP contribution in [0.5, 0.6) is 0 Å². The molecule has 1 aromatic carbocycles. The van der Waals surface area contributed by atoms with E-state index in [1.807, 2.05) is 25.7 Å². The molecule has 0 amide bonds. The largest absolute Gasteiger partial charge is 0.313 e. The van der Waals surface area contributed by atoms with E-state index in [-0.39, 0.29) is 0 Å². The minimum atomic E-state index is 0.327. The lowest BCUT2D eigenvalue weighted by molar-refractivity contribution is 0.559. The van der Waals surface area contributed by atoms with Gasteiger partial charge in [0, 0.05) is 28.8 Å². The van der Waals surface area contributed by atoms with Gasteiger partial charge < -0.3 is 5.32 Å². The van der Waals surface area contributed by atoms with Gasteiger partial charge in [0.05, 0.1) is 5.69 Å². The molecule has 1 heterocycles. The molecule has 1 N–H and O–H groups in total. The number of halogens is 1. The van der Waals surface area contributed by atoms with Gasteiger partial charge >= 0.3 is 0 Å². The Labute approximate surface area is 122 Å². The second-order valence-electron chi connectivity index (χ2n) is 4.47. The first kappa shape index (κ1) is 13.5. The highest BCUT2D eigenvalue weighted by Crippen LogP contribution is 2.23. The van der Waals surface area contributed by atoms with E-state index < -0.39 is 0 Å². The lowest BCUT2D eigenvalue weighted by Crippen LogP contribution is -2.21. The molecular weight excluding hydrogens is 337 g/mol. The van der Waals surface area contributed by atoms with E-state index in [2.05, 4.69) is 63.3 Å². The first-order valence-corrected chi connectivity index (χ1v) is 7.11. The molecular formula is C14H18IN3. The topological polar surface area (TPSA) is 29.9 Å². The van der Waals surface area contributed by atoms with Gasteiger partial charge in [-0.05, 0) is 54.3 Å². The minimum Gasteiger partial charge on any atom is -0.313 e. The molecule has 0 saturated heterocycles. The van der Waals surface area contributed by atoms with Crippen molar-refractivity contribution in [2.75, 3.05) is 7.05 Å². The molecule has 0 saturated carbocycles. The van der Waals surface area contributed by atoms with Crippen molar-refractivity contribution in [3.8, 4) is 0 Å². The van der Waals surface area contributed by atoms with E-state index in [4.69, 9.17) is 0 Å². The number of nitrogens with one attached hydrogen (secondary N) is 1. The van der Waals surface area contributed by atoms with Crippen LogP contribution in [0.25, 0.3) is 0 Å². The number of nitrogens with zero attached hydrogens (tertiary/aromatic N) is 2. The number of aromatic nitrogens is 2. The fraction of sp³-hybridized carbons (Fsp3) is 0.357. The molecule has 1 atom stereocenters. The third-order valence-electron chi connectivity index (χ3n) is 3.14. The van der Waals surface area contributed by atoms with Crippen molar-refractivity contribution in [3.05, 3.63) is 50.9 Å². The Hall–Kier alpha value is -0.880. The molecule has 96 valence electrons. The highest BCUT2D eigenvalue weighted by atomic mass is 127. The molecule has 0 aliphatic heterocycles. The van der Waals surface area contributed by atoms with Crippen LogP contribution in [0.15, 0.2) is 30.3 Å². The molecule has 1 unspecified atom stereocenters. The molecule has 3 nitrogen and oxygen atoms in total. The van der Waals surface area contributed by atoms with Gasteiger partial charge in [0.25, 0.3) is 0 Å². The Bertz CT molecular complexity index is 534. The Morgan fingerprint density at radius 1 is 1.39 bits per heavy atom. The first-order chi connectivity index (χ1) is 8.61. The van der Waals surface area contributed by atoms with Crippen LogP contribution in [-0.2, 0) is 13.5 Å². The predicted octanol–water partition coefficient (Wildman–Crippen LogP) is 2.84. The van der Waals surface area contributed by atoms with Crippen LogP contribution in [0.1, 0.15) is 23.0 Å². The zero-order valence-electron chi connectivity index (χ0n) is 10.9. The van der Waals surface area contributed by atoms with Gasteiger partial charge in [-0.2, -0.15) is 5.10 Å². The van der Waals surface area contributed by atoms with E-state index in [0.717, 1.165) is 12.1 Å². The fourth-order valence-corrected chi connectivity index (χ4v) is 2.95.